The van der Waals surface area contributed by atoms with Gasteiger partial charge in [-0.3, -0.25) is 4.98 Å². The minimum atomic E-state index is -0.553. The van der Waals surface area contributed by atoms with Gasteiger partial charge in [0, 0.05) is 18.7 Å². The molecule has 1 aliphatic carbocycles. The molecule has 186 valence electrons. The minimum absolute atomic E-state index is 0.0207. The molecule has 1 amide bonds. The largest absolute Gasteiger partial charge is 0.444 e. The van der Waals surface area contributed by atoms with Crippen LogP contribution in [0.2, 0.25) is 0 Å². The molecule has 1 aromatic carbocycles. The van der Waals surface area contributed by atoms with Crippen LogP contribution in [0.5, 0.6) is 0 Å². The maximum absolute atomic E-state index is 14.9. The van der Waals surface area contributed by atoms with Crippen molar-refractivity contribution in [2.45, 2.75) is 83.1 Å². The molecule has 35 heavy (non-hydrogen) atoms. The zero-order chi connectivity index (χ0) is 24.6. The molecular weight excluding hydrogens is 447 g/mol. The van der Waals surface area contributed by atoms with Gasteiger partial charge in [-0.25, -0.2) is 14.2 Å². The molecule has 3 heterocycles. The van der Waals surface area contributed by atoms with Crippen molar-refractivity contribution in [3.63, 3.8) is 0 Å². The molecule has 0 bridgehead atoms. The lowest BCUT2D eigenvalue weighted by molar-refractivity contribution is 0.0486. The summed E-state index contributed by atoms with van der Waals surface area (Å²) < 4.78 is 28.4. The normalized spacial score (nSPS) is 22.9. The first kappa shape index (κ1) is 23.7. The van der Waals surface area contributed by atoms with E-state index < -0.39 is 11.7 Å². The maximum Gasteiger partial charge on any atom is 0.407 e. The summed E-state index contributed by atoms with van der Waals surface area (Å²) >= 11 is 0. The van der Waals surface area contributed by atoms with E-state index in [9.17, 15) is 9.18 Å². The number of alkyl carbamates (subject to hydrolysis) is 1. The molecule has 2 unspecified atom stereocenters. The van der Waals surface area contributed by atoms with E-state index >= 15 is 0 Å². The van der Waals surface area contributed by atoms with Gasteiger partial charge in [0.2, 0.25) is 0 Å². The summed E-state index contributed by atoms with van der Waals surface area (Å²) in [5.41, 5.74) is 2.45. The lowest BCUT2D eigenvalue weighted by Gasteiger charge is -2.32. The van der Waals surface area contributed by atoms with Crippen molar-refractivity contribution in [2.75, 3.05) is 6.61 Å². The summed E-state index contributed by atoms with van der Waals surface area (Å²) in [6, 6.07) is 8.80. The highest BCUT2D eigenvalue weighted by molar-refractivity contribution is 5.81. The number of aromatic nitrogens is 3. The predicted octanol–water partition coefficient (Wildman–Crippen LogP) is 6.10. The van der Waals surface area contributed by atoms with Crippen LogP contribution in [0.4, 0.5) is 9.18 Å². The van der Waals surface area contributed by atoms with Crippen LogP contribution in [0.25, 0.3) is 22.4 Å². The third kappa shape index (κ3) is 5.17. The first-order valence-electron chi connectivity index (χ1n) is 12.5. The van der Waals surface area contributed by atoms with E-state index in [1.165, 1.54) is 6.07 Å². The molecule has 8 heteroatoms. The van der Waals surface area contributed by atoms with Crippen LogP contribution in [0.1, 0.15) is 77.1 Å². The zero-order valence-corrected chi connectivity index (χ0v) is 20.6. The molecule has 1 saturated heterocycles. The molecule has 3 aromatic rings. The van der Waals surface area contributed by atoms with Crippen LogP contribution in [0.15, 0.2) is 36.5 Å². The van der Waals surface area contributed by atoms with Crippen molar-refractivity contribution in [3.8, 4) is 11.4 Å². The molecule has 0 spiro atoms. The Bertz CT molecular complexity index is 1210. The quantitative estimate of drug-likeness (QED) is 0.488. The number of rotatable bonds is 4. The zero-order valence-electron chi connectivity index (χ0n) is 20.6. The van der Waals surface area contributed by atoms with Gasteiger partial charge in [0.05, 0.1) is 29.1 Å². The highest BCUT2D eigenvalue weighted by Crippen LogP contribution is 2.38. The fourth-order valence-corrected chi connectivity index (χ4v) is 5.21. The van der Waals surface area contributed by atoms with Crippen molar-refractivity contribution >= 4 is 17.1 Å². The van der Waals surface area contributed by atoms with Crippen molar-refractivity contribution < 1.29 is 18.7 Å². The molecular formula is C27H33FN4O3. The van der Waals surface area contributed by atoms with Gasteiger partial charge in [0.15, 0.2) is 0 Å². The number of fused-ring (bicyclic) bond motifs is 1. The van der Waals surface area contributed by atoms with Gasteiger partial charge in [-0.05, 0) is 77.5 Å². The Kier molecular flexibility index (Phi) is 6.49. The molecule has 7 nitrogen and oxygen atoms in total. The molecule has 3 atom stereocenters. The van der Waals surface area contributed by atoms with Gasteiger partial charge in [-0.15, -0.1) is 0 Å². The average Bonchev–Trinajstić information content (AvgIpc) is 3.46. The number of nitrogens with one attached hydrogen (secondary N) is 1. The fraction of sp³-hybridized carbons (Fsp3) is 0.519. The Morgan fingerprint density at radius 1 is 1.20 bits per heavy atom. The van der Waals surface area contributed by atoms with Crippen LogP contribution >= 0.6 is 0 Å². The number of halogens is 1. The summed E-state index contributed by atoms with van der Waals surface area (Å²) in [5.74, 6) is 0.280. The first-order valence-corrected chi connectivity index (χ1v) is 12.5. The molecule has 2 aliphatic rings. The van der Waals surface area contributed by atoms with E-state index in [2.05, 4.69) is 14.9 Å². The lowest BCUT2D eigenvalue weighted by atomic mass is 9.90. The Hall–Kier alpha value is -3.00. The van der Waals surface area contributed by atoms with Crippen LogP contribution in [-0.4, -0.2) is 38.9 Å². The second kappa shape index (κ2) is 9.57. The predicted molar refractivity (Wildman–Crippen MR) is 132 cm³/mol. The van der Waals surface area contributed by atoms with Gasteiger partial charge in [-0.1, -0.05) is 12.1 Å². The summed E-state index contributed by atoms with van der Waals surface area (Å²) in [4.78, 5) is 21.9. The minimum Gasteiger partial charge on any atom is -0.444 e. The number of ether oxygens (including phenoxy) is 2. The van der Waals surface area contributed by atoms with Gasteiger partial charge >= 0.3 is 6.09 Å². The highest BCUT2D eigenvalue weighted by atomic mass is 19.1. The van der Waals surface area contributed by atoms with E-state index in [0.29, 0.717) is 17.8 Å². The van der Waals surface area contributed by atoms with Crippen LogP contribution in [0, 0.1) is 5.82 Å². The molecule has 2 aromatic heterocycles. The number of carbonyl (C=O) groups excluding carboxylic acids is 1. The second-order valence-electron chi connectivity index (χ2n) is 10.5. The summed E-state index contributed by atoms with van der Waals surface area (Å²) in [6.45, 7) is 6.31. The first-order chi connectivity index (χ1) is 16.8. The van der Waals surface area contributed by atoms with Crippen molar-refractivity contribution in [1.29, 1.82) is 0 Å². The number of benzene rings is 1. The molecule has 1 aliphatic heterocycles. The highest BCUT2D eigenvalue weighted by Gasteiger charge is 2.30. The van der Waals surface area contributed by atoms with Crippen LogP contribution in [0.3, 0.4) is 0 Å². The molecule has 5 rings (SSSR count). The van der Waals surface area contributed by atoms with Gasteiger partial charge in [0.1, 0.15) is 22.8 Å². The van der Waals surface area contributed by atoms with E-state index in [1.54, 1.807) is 18.3 Å². The third-order valence-electron chi connectivity index (χ3n) is 6.70. The summed E-state index contributed by atoms with van der Waals surface area (Å²) in [5, 5.41) is 3.04. The molecule has 1 N–H and O–H groups in total. The molecule has 1 saturated carbocycles. The van der Waals surface area contributed by atoms with Gasteiger partial charge in [-0.2, -0.15) is 0 Å². The Morgan fingerprint density at radius 3 is 2.77 bits per heavy atom. The number of hydrogen-bond donors (Lipinski definition) is 1. The smallest absolute Gasteiger partial charge is 0.407 e. The van der Waals surface area contributed by atoms with Crippen molar-refractivity contribution in [1.82, 2.24) is 19.9 Å². The second-order valence-corrected chi connectivity index (χ2v) is 10.5. The van der Waals surface area contributed by atoms with E-state index in [1.807, 2.05) is 32.9 Å². The number of carbonyl (C=O) groups is 1. The number of imidazole rings is 1. The monoisotopic (exact) mass is 480 g/mol. The third-order valence-corrected chi connectivity index (χ3v) is 6.70. The van der Waals surface area contributed by atoms with E-state index in [4.69, 9.17) is 14.5 Å². The van der Waals surface area contributed by atoms with Crippen molar-refractivity contribution in [2.24, 2.45) is 0 Å². The number of pyridine rings is 1. The molecule has 0 radical (unpaired) electrons. The number of hydrogen-bond acceptors (Lipinski definition) is 5. The van der Waals surface area contributed by atoms with E-state index in [-0.39, 0.29) is 24.0 Å². The van der Waals surface area contributed by atoms with Gasteiger partial charge < -0.3 is 19.4 Å². The average molecular weight is 481 g/mol. The number of amides is 1. The topological polar surface area (TPSA) is 78.3 Å². The summed E-state index contributed by atoms with van der Waals surface area (Å²) in [6.07, 6.45) is 6.74. The lowest BCUT2D eigenvalue weighted by Crippen LogP contribution is -2.41. The molecule has 2 fully saturated rings. The van der Waals surface area contributed by atoms with Crippen LogP contribution < -0.4 is 5.32 Å². The van der Waals surface area contributed by atoms with E-state index in [0.717, 1.165) is 55.4 Å². The Morgan fingerprint density at radius 2 is 2.03 bits per heavy atom. The number of nitrogens with zero attached hydrogens (tertiary/aromatic N) is 3. The Labute approximate surface area is 205 Å². The van der Waals surface area contributed by atoms with Crippen LogP contribution in [-0.2, 0) is 9.47 Å². The Balaban J connectivity index is 1.52. The standard InChI is InChI=1S/C27H33FN4O3/c1-27(2,3)35-26(33)30-17-8-6-9-18(14-17)32-23-15-21(24-12-7-13-34-24)29-16-22(23)31-25(32)19-10-4-5-11-20(19)28/h4-5,10-11,15-18,24H,6-9,12-14H2,1-3H3,(H,30,33)/t17?,18-,24?/m1/s1. The maximum atomic E-state index is 14.9. The summed E-state index contributed by atoms with van der Waals surface area (Å²) in [7, 11) is 0. The van der Waals surface area contributed by atoms with Crippen molar-refractivity contribution in [3.05, 3.63) is 48.0 Å². The fourth-order valence-electron chi connectivity index (χ4n) is 5.21. The SMILES string of the molecule is CC(C)(C)OC(=O)NC1CCC[C@@H](n2c(-c3ccccc3F)nc3cnc(C4CCCO4)cc32)C1. The van der Waals surface area contributed by atoms with Gasteiger partial charge in [0.25, 0.3) is 0 Å².